The average molecular weight is 141 g/mol. The molecule has 1 atom stereocenters. The molecule has 0 saturated carbocycles. The fourth-order valence-corrected chi connectivity index (χ4v) is 1.02. The van der Waals surface area contributed by atoms with Crippen LogP contribution >= 0.6 is 0 Å². The Morgan fingerprint density at radius 2 is 2.00 bits per heavy atom. The Hall–Kier alpha value is -0.330. The van der Waals surface area contributed by atoms with E-state index in [1.165, 1.54) is 0 Å². The van der Waals surface area contributed by atoms with Crippen molar-refractivity contribution >= 4 is 6.29 Å². The van der Waals surface area contributed by atoms with Gasteiger partial charge in [0.05, 0.1) is 0 Å². The van der Waals surface area contributed by atoms with E-state index in [0.717, 1.165) is 12.7 Å². The van der Waals surface area contributed by atoms with Crippen LogP contribution in [0.15, 0.2) is 0 Å². The monoisotopic (exact) mass is 141 g/mol. The quantitative estimate of drug-likeness (QED) is 0.552. The summed E-state index contributed by atoms with van der Waals surface area (Å²) in [7, 11) is 0. The van der Waals surface area contributed by atoms with Crippen LogP contribution in [0.5, 0.6) is 0 Å². The predicted octanol–water partition coefficient (Wildman–Crippen LogP) is 2.46. The topological polar surface area (TPSA) is 17.1 Å². The van der Waals surface area contributed by atoms with Crippen molar-refractivity contribution in [2.24, 2.45) is 11.3 Å². The van der Waals surface area contributed by atoms with Crippen LogP contribution in [-0.4, -0.2) is 6.29 Å². The summed E-state index contributed by atoms with van der Waals surface area (Å²) in [6.07, 6.45) is 2.48. The van der Waals surface area contributed by atoms with E-state index in [2.05, 4.69) is 27.7 Å². The van der Waals surface area contributed by atoms with Crippen molar-refractivity contribution in [2.75, 3.05) is 0 Å². The fourth-order valence-electron chi connectivity index (χ4n) is 1.02. The molecular weight excluding hydrogens is 124 g/mol. The third-order valence-electron chi connectivity index (χ3n) is 1.95. The van der Waals surface area contributed by atoms with Gasteiger partial charge in [-0.1, -0.05) is 27.7 Å². The molecule has 0 bridgehead atoms. The Balaban J connectivity index is 3.92. The summed E-state index contributed by atoms with van der Waals surface area (Å²) in [5.41, 5.74) is 0.225. The Kier molecular flexibility index (Phi) is 3.62. The van der Waals surface area contributed by atoms with Crippen LogP contribution in [0.25, 0.3) is 0 Å². The van der Waals surface area contributed by atoms with Crippen LogP contribution in [0, 0.1) is 18.3 Å². The first-order chi connectivity index (χ1) is 4.52. The lowest BCUT2D eigenvalue weighted by atomic mass is 9.77. The van der Waals surface area contributed by atoms with Crippen molar-refractivity contribution in [1.29, 1.82) is 0 Å². The minimum absolute atomic E-state index is 0.225. The summed E-state index contributed by atoms with van der Waals surface area (Å²) >= 11 is 0. The summed E-state index contributed by atoms with van der Waals surface area (Å²) in [4.78, 5) is 10.2. The molecule has 0 aromatic rings. The van der Waals surface area contributed by atoms with Gasteiger partial charge in [0.25, 0.3) is 0 Å². The lowest BCUT2D eigenvalue weighted by molar-refractivity contribution is -0.109. The van der Waals surface area contributed by atoms with Crippen molar-refractivity contribution in [3.63, 3.8) is 0 Å². The van der Waals surface area contributed by atoms with Gasteiger partial charge >= 0.3 is 0 Å². The van der Waals surface area contributed by atoms with Crippen LogP contribution in [0.3, 0.4) is 0 Å². The summed E-state index contributed by atoms with van der Waals surface area (Å²) < 4.78 is 0. The average Bonchev–Trinajstić information content (AvgIpc) is 1.80. The number of hydrogen-bond donors (Lipinski definition) is 0. The maximum atomic E-state index is 10.2. The molecule has 1 radical (unpaired) electrons. The van der Waals surface area contributed by atoms with E-state index < -0.39 is 0 Å². The minimum Gasteiger partial charge on any atom is -0.303 e. The molecule has 0 heterocycles. The van der Waals surface area contributed by atoms with Gasteiger partial charge in [-0.25, -0.2) is 0 Å². The van der Waals surface area contributed by atoms with Crippen molar-refractivity contribution in [3.05, 3.63) is 6.92 Å². The van der Waals surface area contributed by atoms with Crippen molar-refractivity contribution < 1.29 is 4.79 Å². The third-order valence-corrected chi connectivity index (χ3v) is 1.95. The van der Waals surface area contributed by atoms with Crippen LogP contribution in [0.2, 0.25) is 0 Å². The second-order valence-electron chi connectivity index (χ2n) is 3.75. The Morgan fingerprint density at radius 1 is 1.50 bits per heavy atom. The van der Waals surface area contributed by atoms with Gasteiger partial charge in [-0.2, -0.15) is 0 Å². The van der Waals surface area contributed by atoms with E-state index in [0.29, 0.717) is 12.3 Å². The molecule has 59 valence electrons. The Morgan fingerprint density at radius 3 is 2.10 bits per heavy atom. The maximum Gasteiger partial charge on any atom is 0.120 e. The predicted molar refractivity (Wildman–Crippen MR) is 43.6 cm³/mol. The smallest absolute Gasteiger partial charge is 0.120 e. The minimum atomic E-state index is 0.225. The zero-order chi connectivity index (χ0) is 8.20. The highest BCUT2D eigenvalue weighted by atomic mass is 16.1. The molecule has 0 spiro atoms. The lowest BCUT2D eigenvalue weighted by Crippen LogP contribution is -2.19. The third kappa shape index (κ3) is 3.00. The van der Waals surface area contributed by atoms with Gasteiger partial charge in [0.2, 0.25) is 0 Å². The lowest BCUT2D eigenvalue weighted by Gasteiger charge is -2.27. The number of carbonyl (C=O) groups excluding carboxylic acids is 1. The molecule has 1 heteroatoms. The van der Waals surface area contributed by atoms with Gasteiger partial charge < -0.3 is 4.79 Å². The largest absolute Gasteiger partial charge is 0.303 e. The van der Waals surface area contributed by atoms with Gasteiger partial charge in [0.1, 0.15) is 6.29 Å². The van der Waals surface area contributed by atoms with Gasteiger partial charge in [0, 0.05) is 6.42 Å². The molecule has 0 aromatic carbocycles. The van der Waals surface area contributed by atoms with Gasteiger partial charge in [0.15, 0.2) is 0 Å². The molecule has 0 rings (SSSR count). The summed E-state index contributed by atoms with van der Waals surface area (Å²) in [5.74, 6) is 0.435. The van der Waals surface area contributed by atoms with E-state index in [1.54, 1.807) is 0 Å². The molecule has 0 aliphatic rings. The maximum absolute atomic E-state index is 10.2. The molecule has 1 nitrogen and oxygen atoms in total. The SMILES string of the molecule is [CH2]CC(CC=O)C(C)(C)C. The molecule has 0 fully saturated rings. The first-order valence-corrected chi connectivity index (χ1v) is 3.75. The first-order valence-electron chi connectivity index (χ1n) is 3.75. The van der Waals surface area contributed by atoms with E-state index in [-0.39, 0.29) is 5.41 Å². The summed E-state index contributed by atoms with van der Waals surface area (Å²) in [6.45, 7) is 10.2. The van der Waals surface area contributed by atoms with Gasteiger partial charge in [-0.05, 0) is 17.8 Å². The number of rotatable bonds is 3. The number of aldehydes is 1. The fraction of sp³-hybridized carbons (Fsp3) is 0.778. The molecule has 0 aromatic heterocycles. The molecule has 0 N–H and O–H groups in total. The van der Waals surface area contributed by atoms with E-state index >= 15 is 0 Å². The van der Waals surface area contributed by atoms with Crippen LogP contribution in [0.4, 0.5) is 0 Å². The number of hydrogen-bond acceptors (Lipinski definition) is 1. The van der Waals surface area contributed by atoms with Crippen molar-refractivity contribution in [3.8, 4) is 0 Å². The van der Waals surface area contributed by atoms with Gasteiger partial charge in [-0.15, -0.1) is 0 Å². The molecule has 0 aliphatic carbocycles. The zero-order valence-corrected chi connectivity index (χ0v) is 7.18. The number of carbonyl (C=O) groups is 1. The standard InChI is InChI=1S/C9H17O/c1-5-8(6-7-10)9(2,3)4/h7-8H,1,5-6H2,2-4H3. The summed E-state index contributed by atoms with van der Waals surface area (Å²) in [6, 6.07) is 0. The second kappa shape index (κ2) is 3.75. The molecule has 0 aliphatic heterocycles. The summed E-state index contributed by atoms with van der Waals surface area (Å²) in [5, 5.41) is 0. The zero-order valence-electron chi connectivity index (χ0n) is 7.18. The second-order valence-corrected chi connectivity index (χ2v) is 3.75. The van der Waals surface area contributed by atoms with Crippen molar-refractivity contribution in [2.45, 2.75) is 33.6 Å². The highest BCUT2D eigenvalue weighted by molar-refractivity contribution is 5.49. The van der Waals surface area contributed by atoms with Crippen molar-refractivity contribution in [1.82, 2.24) is 0 Å². The molecule has 0 saturated heterocycles. The van der Waals surface area contributed by atoms with E-state index in [1.807, 2.05) is 0 Å². The molecule has 0 amide bonds. The highest BCUT2D eigenvalue weighted by Gasteiger charge is 2.21. The van der Waals surface area contributed by atoms with E-state index in [4.69, 9.17) is 0 Å². The molecule has 10 heavy (non-hydrogen) atoms. The van der Waals surface area contributed by atoms with E-state index in [9.17, 15) is 4.79 Å². The van der Waals surface area contributed by atoms with Crippen LogP contribution < -0.4 is 0 Å². The van der Waals surface area contributed by atoms with Gasteiger partial charge in [-0.3, -0.25) is 0 Å². The normalized spacial score (nSPS) is 14.8. The molecular formula is C9H17O. The van der Waals surface area contributed by atoms with Crippen LogP contribution in [0.1, 0.15) is 33.6 Å². The van der Waals surface area contributed by atoms with Crippen LogP contribution in [-0.2, 0) is 4.79 Å². The molecule has 1 unspecified atom stereocenters. The Labute approximate surface area is 63.8 Å². The first kappa shape index (κ1) is 9.67. The Bertz CT molecular complexity index is 99.8. The highest BCUT2D eigenvalue weighted by Crippen LogP contribution is 2.29.